The van der Waals surface area contributed by atoms with Gasteiger partial charge in [-0.1, -0.05) is 26.2 Å². The molecule has 2 aliphatic carbocycles. The minimum Gasteiger partial charge on any atom is -0.481 e. The summed E-state index contributed by atoms with van der Waals surface area (Å²) in [6.07, 6.45) is 6.61. The van der Waals surface area contributed by atoms with E-state index in [0.717, 1.165) is 49.0 Å². The van der Waals surface area contributed by atoms with Crippen molar-refractivity contribution in [2.45, 2.75) is 58.3 Å². The number of hydrogen-bond acceptors (Lipinski definition) is 4. The molecule has 1 aromatic heterocycles. The summed E-state index contributed by atoms with van der Waals surface area (Å²) in [5, 5.41) is 12.8. The largest absolute Gasteiger partial charge is 0.481 e. The lowest BCUT2D eigenvalue weighted by Crippen LogP contribution is -2.36. The second kappa shape index (κ2) is 7.78. The first-order chi connectivity index (χ1) is 12.4. The Balaban J connectivity index is 1.85. The molecule has 0 aliphatic heterocycles. The number of carboxylic acids is 1. The summed E-state index contributed by atoms with van der Waals surface area (Å²) in [6.45, 7) is 2.16. The third kappa shape index (κ3) is 3.63. The summed E-state index contributed by atoms with van der Waals surface area (Å²) in [4.78, 5) is 37.4. The Morgan fingerprint density at radius 1 is 1.19 bits per heavy atom. The average molecular weight is 378 g/mol. The quantitative estimate of drug-likeness (QED) is 0.731. The van der Waals surface area contributed by atoms with Crippen molar-refractivity contribution in [1.82, 2.24) is 0 Å². The van der Waals surface area contributed by atoms with E-state index in [1.807, 2.05) is 0 Å². The summed E-state index contributed by atoms with van der Waals surface area (Å²) < 4.78 is 0. The Morgan fingerprint density at radius 3 is 2.50 bits per heavy atom. The van der Waals surface area contributed by atoms with Crippen molar-refractivity contribution in [3.05, 3.63) is 16.0 Å². The van der Waals surface area contributed by atoms with E-state index in [4.69, 9.17) is 5.73 Å². The Hall–Kier alpha value is -1.89. The van der Waals surface area contributed by atoms with E-state index in [1.54, 1.807) is 0 Å². The summed E-state index contributed by atoms with van der Waals surface area (Å²) in [7, 11) is 0. The molecule has 6 nitrogen and oxygen atoms in total. The molecule has 3 rings (SSSR count). The average Bonchev–Trinajstić information content (AvgIpc) is 2.98. The van der Waals surface area contributed by atoms with Crippen molar-refractivity contribution < 1.29 is 19.5 Å². The zero-order valence-corrected chi connectivity index (χ0v) is 15.9. The van der Waals surface area contributed by atoms with Crippen LogP contribution in [0.1, 0.15) is 66.2 Å². The van der Waals surface area contributed by atoms with E-state index in [0.29, 0.717) is 29.3 Å². The van der Waals surface area contributed by atoms with Crippen LogP contribution in [0, 0.1) is 17.8 Å². The van der Waals surface area contributed by atoms with Crippen LogP contribution in [0.15, 0.2) is 0 Å². The van der Waals surface area contributed by atoms with Crippen LogP contribution in [0.4, 0.5) is 5.00 Å². The molecule has 1 saturated carbocycles. The standard InChI is InChI=1S/C19H26N2O4S/c1-2-10-7-8-13-14(9-10)26-18(15(13)16(20)22)21-17(23)11-5-3-4-6-12(11)19(24)25/h10-12H,2-9H2,1H3,(H2,20,22)(H,21,23)(H,24,25)/t10-,11+,12-/m0/s1. The fourth-order valence-electron chi connectivity index (χ4n) is 4.30. The molecule has 1 aromatic rings. The van der Waals surface area contributed by atoms with E-state index >= 15 is 0 Å². The number of primary amides is 1. The lowest BCUT2D eigenvalue weighted by molar-refractivity contribution is -0.147. The molecule has 3 atom stereocenters. The fraction of sp³-hybridized carbons (Fsp3) is 0.632. The molecule has 2 aliphatic rings. The first-order valence-electron chi connectivity index (χ1n) is 9.40. The van der Waals surface area contributed by atoms with Gasteiger partial charge in [0.2, 0.25) is 5.91 Å². The number of carbonyl (C=O) groups excluding carboxylic acids is 2. The number of nitrogens with one attached hydrogen (secondary N) is 1. The highest BCUT2D eigenvalue weighted by Gasteiger charge is 2.37. The predicted molar refractivity (Wildman–Crippen MR) is 100 cm³/mol. The minimum atomic E-state index is -0.920. The zero-order valence-electron chi connectivity index (χ0n) is 15.0. The summed E-state index contributed by atoms with van der Waals surface area (Å²) >= 11 is 1.43. The van der Waals surface area contributed by atoms with Crippen molar-refractivity contribution in [1.29, 1.82) is 0 Å². The third-order valence-corrected chi connectivity index (χ3v) is 7.02. The summed E-state index contributed by atoms with van der Waals surface area (Å²) in [5.41, 5.74) is 7.00. The van der Waals surface area contributed by atoms with Gasteiger partial charge in [-0.15, -0.1) is 11.3 Å². The van der Waals surface area contributed by atoms with Gasteiger partial charge in [0.15, 0.2) is 0 Å². The number of rotatable bonds is 5. The van der Waals surface area contributed by atoms with Crippen molar-refractivity contribution >= 4 is 34.1 Å². The van der Waals surface area contributed by atoms with Crippen LogP contribution in [0.2, 0.25) is 0 Å². The highest BCUT2D eigenvalue weighted by molar-refractivity contribution is 7.17. The molecule has 0 aromatic carbocycles. The van der Waals surface area contributed by atoms with Gasteiger partial charge in [0, 0.05) is 4.88 Å². The molecule has 26 heavy (non-hydrogen) atoms. The first-order valence-corrected chi connectivity index (χ1v) is 10.2. The van der Waals surface area contributed by atoms with E-state index in [9.17, 15) is 19.5 Å². The number of anilines is 1. The van der Waals surface area contributed by atoms with Crippen molar-refractivity contribution in [2.75, 3.05) is 5.32 Å². The smallest absolute Gasteiger partial charge is 0.307 e. The number of aliphatic carboxylic acids is 1. The van der Waals surface area contributed by atoms with Gasteiger partial charge < -0.3 is 16.2 Å². The first kappa shape index (κ1) is 18.9. The van der Waals surface area contributed by atoms with Gasteiger partial charge >= 0.3 is 5.97 Å². The van der Waals surface area contributed by atoms with Gasteiger partial charge in [0.1, 0.15) is 5.00 Å². The number of carbonyl (C=O) groups is 3. The van der Waals surface area contributed by atoms with Crippen LogP contribution >= 0.6 is 11.3 Å². The minimum absolute atomic E-state index is 0.301. The van der Waals surface area contributed by atoms with Crippen LogP contribution in [-0.4, -0.2) is 22.9 Å². The van der Waals surface area contributed by atoms with Crippen LogP contribution in [0.25, 0.3) is 0 Å². The number of thiophene rings is 1. The summed E-state index contributed by atoms with van der Waals surface area (Å²) in [6, 6.07) is 0. The lowest BCUT2D eigenvalue weighted by atomic mass is 9.78. The Labute approximate surface area is 157 Å². The van der Waals surface area contributed by atoms with Gasteiger partial charge in [-0.3, -0.25) is 14.4 Å². The molecule has 1 fully saturated rings. The topological polar surface area (TPSA) is 109 Å². The van der Waals surface area contributed by atoms with Crippen LogP contribution in [0.5, 0.6) is 0 Å². The van der Waals surface area contributed by atoms with E-state index in [1.165, 1.54) is 11.3 Å². The highest BCUT2D eigenvalue weighted by atomic mass is 32.1. The van der Waals surface area contributed by atoms with Gasteiger partial charge in [0.25, 0.3) is 5.91 Å². The Kier molecular flexibility index (Phi) is 5.65. The normalized spacial score (nSPS) is 25.3. The second-order valence-electron chi connectivity index (χ2n) is 7.41. The van der Waals surface area contributed by atoms with Crippen molar-refractivity contribution in [2.24, 2.45) is 23.5 Å². The molecule has 2 amide bonds. The lowest BCUT2D eigenvalue weighted by Gasteiger charge is -2.27. The number of carboxylic acid groups (broad SMARTS) is 1. The molecule has 0 unspecified atom stereocenters. The molecular weight excluding hydrogens is 352 g/mol. The Morgan fingerprint density at radius 2 is 1.88 bits per heavy atom. The van der Waals surface area contributed by atoms with Gasteiger partial charge in [-0.25, -0.2) is 0 Å². The molecule has 0 radical (unpaired) electrons. The van der Waals surface area contributed by atoms with E-state index < -0.39 is 23.7 Å². The number of nitrogens with two attached hydrogens (primary N) is 1. The molecule has 7 heteroatoms. The Bertz CT molecular complexity index is 727. The second-order valence-corrected chi connectivity index (χ2v) is 8.52. The maximum absolute atomic E-state index is 12.8. The van der Waals surface area contributed by atoms with Gasteiger partial charge in [-0.2, -0.15) is 0 Å². The number of hydrogen-bond donors (Lipinski definition) is 3. The summed E-state index contributed by atoms with van der Waals surface area (Å²) in [5.74, 6) is -2.35. The maximum Gasteiger partial charge on any atom is 0.307 e. The SMILES string of the molecule is CC[C@H]1CCc2c(sc(NC(=O)[C@@H]3CCCC[C@@H]3C(=O)O)c2C(N)=O)C1. The van der Waals surface area contributed by atoms with Crippen molar-refractivity contribution in [3.8, 4) is 0 Å². The van der Waals surface area contributed by atoms with Gasteiger partial charge in [0.05, 0.1) is 17.4 Å². The molecule has 142 valence electrons. The third-order valence-electron chi connectivity index (χ3n) is 5.85. The predicted octanol–water partition coefficient (Wildman–Crippen LogP) is 3.19. The van der Waals surface area contributed by atoms with Crippen LogP contribution in [0.3, 0.4) is 0 Å². The van der Waals surface area contributed by atoms with Crippen LogP contribution in [-0.2, 0) is 22.4 Å². The number of amides is 2. The molecule has 0 spiro atoms. The number of fused-ring (bicyclic) bond motifs is 1. The molecule has 0 bridgehead atoms. The van der Waals surface area contributed by atoms with E-state index in [2.05, 4.69) is 12.2 Å². The van der Waals surface area contributed by atoms with Crippen LogP contribution < -0.4 is 11.1 Å². The zero-order chi connectivity index (χ0) is 18.8. The highest BCUT2D eigenvalue weighted by Crippen LogP contribution is 2.41. The molecule has 0 saturated heterocycles. The van der Waals surface area contributed by atoms with Crippen molar-refractivity contribution in [3.63, 3.8) is 0 Å². The molecule has 1 heterocycles. The molecule has 4 N–H and O–H groups in total. The van der Waals surface area contributed by atoms with Gasteiger partial charge in [-0.05, 0) is 43.6 Å². The maximum atomic E-state index is 12.8. The van der Waals surface area contributed by atoms with E-state index in [-0.39, 0.29) is 5.91 Å². The molecular formula is C19H26N2O4S. The monoisotopic (exact) mass is 378 g/mol. The fourth-order valence-corrected chi connectivity index (χ4v) is 5.67.